The molecule has 0 heterocycles. The van der Waals surface area contributed by atoms with Crippen LogP contribution in [-0.2, 0) is 0 Å². The van der Waals surface area contributed by atoms with Crippen LogP contribution in [0.4, 0.5) is 0 Å². The summed E-state index contributed by atoms with van der Waals surface area (Å²) in [6.45, 7) is 2.14. The van der Waals surface area contributed by atoms with Crippen molar-refractivity contribution >= 4 is 11.3 Å². The van der Waals surface area contributed by atoms with Crippen LogP contribution in [0.5, 0.6) is 0 Å². The minimum atomic E-state index is 0.0961. The van der Waals surface area contributed by atoms with Crippen molar-refractivity contribution in [2.24, 2.45) is 0 Å². The fourth-order valence-electron chi connectivity index (χ4n) is 2.87. The van der Waals surface area contributed by atoms with E-state index in [9.17, 15) is 5.11 Å². The zero-order valence-electron chi connectivity index (χ0n) is 13.2. The second-order valence-corrected chi connectivity index (χ2v) is 5.63. The smallest absolute Gasteiger partial charge is 0.127 e. The molecule has 1 N–H and O–H groups in total. The second kappa shape index (κ2) is 6.97. The molecular weight excluding hydrogens is 280 g/mol. The number of hydrogen-bond donors (Lipinski definition) is 1. The fourth-order valence-corrected chi connectivity index (χ4v) is 2.87. The van der Waals surface area contributed by atoms with E-state index < -0.39 is 0 Å². The van der Waals surface area contributed by atoms with Crippen molar-refractivity contribution in [2.75, 3.05) is 0 Å². The number of aliphatic hydroxyl groups is 1. The molecule has 0 aliphatic heterocycles. The Morgan fingerprint density at radius 2 is 1.09 bits per heavy atom. The molecule has 1 heteroatoms. The average molecular weight is 300 g/mol. The van der Waals surface area contributed by atoms with Crippen molar-refractivity contribution in [3.63, 3.8) is 0 Å². The van der Waals surface area contributed by atoms with Gasteiger partial charge in [0.2, 0.25) is 0 Å². The van der Waals surface area contributed by atoms with Gasteiger partial charge in [-0.2, -0.15) is 0 Å². The summed E-state index contributed by atoms with van der Waals surface area (Å²) in [5.74, 6) is 0.437. The second-order valence-electron chi connectivity index (χ2n) is 5.63. The lowest BCUT2D eigenvalue weighted by atomic mass is 9.86. The minimum Gasteiger partial charge on any atom is -0.507 e. The van der Waals surface area contributed by atoms with Gasteiger partial charge in [0.25, 0.3) is 0 Å². The summed E-state index contributed by atoms with van der Waals surface area (Å²) in [7, 11) is 0. The van der Waals surface area contributed by atoms with E-state index in [1.165, 1.54) is 5.56 Å². The third-order valence-electron chi connectivity index (χ3n) is 4.12. The summed E-state index contributed by atoms with van der Waals surface area (Å²) in [5, 5.41) is 10.9. The summed E-state index contributed by atoms with van der Waals surface area (Å²) in [5.41, 5.74) is 4.02. The molecule has 3 aromatic carbocycles. The van der Waals surface area contributed by atoms with E-state index in [1.807, 2.05) is 78.9 Å². The highest BCUT2D eigenvalue weighted by Gasteiger charge is 2.18. The Bertz CT molecular complexity index is 774. The van der Waals surface area contributed by atoms with Gasteiger partial charge < -0.3 is 5.11 Å². The molecule has 3 rings (SSSR count). The monoisotopic (exact) mass is 300 g/mol. The van der Waals surface area contributed by atoms with Crippen LogP contribution in [0.25, 0.3) is 11.3 Å². The number of rotatable bonds is 4. The molecule has 0 spiro atoms. The van der Waals surface area contributed by atoms with E-state index in [4.69, 9.17) is 0 Å². The van der Waals surface area contributed by atoms with Crippen LogP contribution in [0.1, 0.15) is 29.5 Å². The van der Waals surface area contributed by atoms with Crippen LogP contribution in [0, 0.1) is 0 Å². The zero-order valence-corrected chi connectivity index (χ0v) is 13.2. The van der Waals surface area contributed by atoms with E-state index in [0.717, 1.165) is 16.7 Å². The molecule has 1 atom stereocenters. The first kappa shape index (κ1) is 15.1. The molecule has 0 saturated heterocycles. The lowest BCUT2D eigenvalue weighted by molar-refractivity contribution is 0.511. The van der Waals surface area contributed by atoms with Crippen LogP contribution in [0.2, 0.25) is 0 Å². The van der Waals surface area contributed by atoms with Gasteiger partial charge in [-0.15, -0.1) is 0 Å². The van der Waals surface area contributed by atoms with E-state index >= 15 is 0 Å². The molecule has 3 aromatic rings. The highest BCUT2D eigenvalue weighted by molar-refractivity contribution is 5.89. The molecule has 0 bridgehead atoms. The topological polar surface area (TPSA) is 20.2 Å². The Kier molecular flexibility index (Phi) is 4.58. The standard InChI is InChI=1S/C22H20O/c1-17(18-11-5-2-6-12-18)21(19-13-7-3-8-14-19)22(23)20-15-9-4-10-16-20/h2-17,23H,1H3/b22-21-. The van der Waals surface area contributed by atoms with Crippen molar-refractivity contribution < 1.29 is 5.11 Å². The molecular formula is C22H20O. The van der Waals surface area contributed by atoms with Gasteiger partial charge >= 0.3 is 0 Å². The van der Waals surface area contributed by atoms with Crippen molar-refractivity contribution in [3.05, 3.63) is 108 Å². The molecule has 0 aliphatic carbocycles. The van der Waals surface area contributed by atoms with Gasteiger partial charge in [-0.1, -0.05) is 97.9 Å². The van der Waals surface area contributed by atoms with Crippen molar-refractivity contribution in [1.29, 1.82) is 0 Å². The molecule has 1 nitrogen and oxygen atoms in total. The summed E-state index contributed by atoms with van der Waals surface area (Å²) < 4.78 is 0. The Morgan fingerprint density at radius 1 is 0.652 bits per heavy atom. The maximum absolute atomic E-state index is 10.9. The van der Waals surface area contributed by atoms with Crippen molar-refractivity contribution in [1.82, 2.24) is 0 Å². The Balaban J connectivity index is 2.15. The van der Waals surface area contributed by atoms with Crippen LogP contribution < -0.4 is 0 Å². The van der Waals surface area contributed by atoms with Gasteiger partial charge in [0.15, 0.2) is 0 Å². The van der Waals surface area contributed by atoms with E-state index in [2.05, 4.69) is 19.1 Å². The highest BCUT2D eigenvalue weighted by Crippen LogP contribution is 2.36. The molecule has 0 saturated carbocycles. The summed E-state index contributed by atoms with van der Waals surface area (Å²) >= 11 is 0. The van der Waals surface area contributed by atoms with E-state index in [0.29, 0.717) is 5.76 Å². The van der Waals surface area contributed by atoms with Crippen molar-refractivity contribution in [3.8, 4) is 0 Å². The summed E-state index contributed by atoms with van der Waals surface area (Å²) in [6.07, 6.45) is 0. The first-order chi connectivity index (χ1) is 11.3. The molecule has 0 amide bonds. The predicted octanol–water partition coefficient (Wildman–Crippen LogP) is 5.92. The molecule has 0 radical (unpaired) electrons. The van der Waals surface area contributed by atoms with Crippen LogP contribution in [-0.4, -0.2) is 5.11 Å². The lowest BCUT2D eigenvalue weighted by Gasteiger charge is -2.19. The lowest BCUT2D eigenvalue weighted by Crippen LogP contribution is -2.01. The van der Waals surface area contributed by atoms with E-state index in [-0.39, 0.29) is 5.92 Å². The van der Waals surface area contributed by atoms with Crippen LogP contribution >= 0.6 is 0 Å². The number of benzene rings is 3. The SMILES string of the molecule is CC(/C(=C(/O)c1ccccc1)c1ccccc1)c1ccccc1. The maximum atomic E-state index is 10.9. The first-order valence-electron chi connectivity index (χ1n) is 7.86. The van der Waals surface area contributed by atoms with Crippen molar-refractivity contribution in [2.45, 2.75) is 12.8 Å². The minimum absolute atomic E-state index is 0.0961. The Hall–Kier alpha value is -2.80. The molecule has 23 heavy (non-hydrogen) atoms. The quantitative estimate of drug-likeness (QED) is 0.468. The van der Waals surface area contributed by atoms with Gasteiger partial charge in [0.1, 0.15) is 5.76 Å². The molecule has 0 aliphatic rings. The molecule has 114 valence electrons. The third-order valence-corrected chi connectivity index (χ3v) is 4.12. The first-order valence-corrected chi connectivity index (χ1v) is 7.86. The number of aliphatic hydroxyl groups excluding tert-OH is 1. The fraction of sp³-hybridized carbons (Fsp3) is 0.0909. The van der Waals surface area contributed by atoms with Gasteiger partial charge in [-0.25, -0.2) is 0 Å². The van der Waals surface area contributed by atoms with Gasteiger partial charge in [-0.05, 0) is 11.1 Å². The predicted molar refractivity (Wildman–Crippen MR) is 97.2 cm³/mol. The van der Waals surface area contributed by atoms with Crippen LogP contribution in [0.3, 0.4) is 0 Å². The van der Waals surface area contributed by atoms with E-state index in [1.54, 1.807) is 0 Å². The molecule has 0 fully saturated rings. The Morgan fingerprint density at radius 3 is 1.61 bits per heavy atom. The maximum Gasteiger partial charge on any atom is 0.127 e. The molecule has 0 aromatic heterocycles. The average Bonchev–Trinajstić information content (AvgIpc) is 2.64. The molecule has 1 unspecified atom stereocenters. The zero-order chi connectivity index (χ0) is 16.1. The normalized spacial score (nSPS) is 13.3. The van der Waals surface area contributed by atoms with Gasteiger partial charge in [-0.3, -0.25) is 0 Å². The summed E-state index contributed by atoms with van der Waals surface area (Å²) in [4.78, 5) is 0. The Labute approximate surface area is 137 Å². The summed E-state index contributed by atoms with van der Waals surface area (Å²) in [6, 6.07) is 30.1. The number of allylic oxidation sites excluding steroid dienone is 1. The van der Waals surface area contributed by atoms with Gasteiger partial charge in [0, 0.05) is 17.1 Å². The van der Waals surface area contributed by atoms with Gasteiger partial charge in [0.05, 0.1) is 0 Å². The number of hydrogen-bond acceptors (Lipinski definition) is 1. The largest absolute Gasteiger partial charge is 0.507 e. The highest BCUT2D eigenvalue weighted by atomic mass is 16.3. The third kappa shape index (κ3) is 3.35. The van der Waals surface area contributed by atoms with Crippen LogP contribution in [0.15, 0.2) is 91.0 Å².